The molecule has 0 aromatic heterocycles. The van der Waals surface area contributed by atoms with Gasteiger partial charge in [-0.05, 0) is 34.5 Å². The Morgan fingerprint density at radius 2 is 1.82 bits per heavy atom. The van der Waals surface area contributed by atoms with Crippen molar-refractivity contribution in [1.29, 1.82) is 0 Å². The molecule has 4 nitrogen and oxygen atoms in total. The first-order valence-corrected chi connectivity index (χ1v) is 6.96. The molecule has 3 aromatic carbocycles. The molecule has 112 valence electrons. The van der Waals surface area contributed by atoms with Crippen LogP contribution in [0.5, 0.6) is 17.2 Å². The van der Waals surface area contributed by atoms with E-state index in [0.29, 0.717) is 23.4 Å². The molecule has 0 heterocycles. The van der Waals surface area contributed by atoms with Crippen LogP contribution in [0.2, 0.25) is 0 Å². The Morgan fingerprint density at radius 1 is 1.05 bits per heavy atom. The van der Waals surface area contributed by atoms with Gasteiger partial charge in [0.25, 0.3) is 0 Å². The van der Waals surface area contributed by atoms with Crippen molar-refractivity contribution in [2.24, 2.45) is 5.73 Å². The van der Waals surface area contributed by atoms with Crippen LogP contribution in [-0.2, 0) is 6.54 Å². The highest BCUT2D eigenvalue weighted by Crippen LogP contribution is 2.44. The van der Waals surface area contributed by atoms with Gasteiger partial charge >= 0.3 is 0 Å². The van der Waals surface area contributed by atoms with Crippen molar-refractivity contribution < 1.29 is 14.9 Å². The number of benzene rings is 3. The number of ether oxygens (including phenoxy) is 1. The van der Waals surface area contributed by atoms with Gasteiger partial charge in [0.2, 0.25) is 0 Å². The first-order valence-electron chi connectivity index (χ1n) is 6.96. The molecule has 0 saturated carbocycles. The van der Waals surface area contributed by atoms with Gasteiger partial charge in [0.05, 0.1) is 7.11 Å². The molecule has 3 aromatic rings. The molecule has 0 aliphatic heterocycles. The lowest BCUT2D eigenvalue weighted by molar-refractivity contribution is 0.374. The number of methoxy groups -OCH3 is 1. The Labute approximate surface area is 128 Å². The summed E-state index contributed by atoms with van der Waals surface area (Å²) in [5.74, 6) is 0.432. The van der Waals surface area contributed by atoms with E-state index in [0.717, 1.165) is 16.3 Å². The lowest BCUT2D eigenvalue weighted by atomic mass is 9.95. The van der Waals surface area contributed by atoms with Crippen LogP contribution in [0.15, 0.2) is 48.5 Å². The van der Waals surface area contributed by atoms with Gasteiger partial charge in [0.1, 0.15) is 5.75 Å². The first-order chi connectivity index (χ1) is 10.7. The number of hydrogen-bond donors (Lipinski definition) is 3. The first kappa shape index (κ1) is 14.2. The molecule has 0 atom stereocenters. The highest BCUT2D eigenvalue weighted by molar-refractivity contribution is 6.01. The summed E-state index contributed by atoms with van der Waals surface area (Å²) in [6.07, 6.45) is 0. The third kappa shape index (κ3) is 2.23. The van der Waals surface area contributed by atoms with Crippen LogP contribution in [0, 0.1) is 0 Å². The maximum absolute atomic E-state index is 10.5. The second-order valence-corrected chi connectivity index (χ2v) is 5.08. The molecule has 0 unspecified atom stereocenters. The van der Waals surface area contributed by atoms with Crippen molar-refractivity contribution in [2.45, 2.75) is 6.54 Å². The third-order valence-corrected chi connectivity index (χ3v) is 3.77. The predicted molar refractivity (Wildman–Crippen MR) is 87.2 cm³/mol. The van der Waals surface area contributed by atoms with Gasteiger partial charge in [0.15, 0.2) is 11.5 Å². The van der Waals surface area contributed by atoms with Crippen LogP contribution in [0.25, 0.3) is 21.9 Å². The van der Waals surface area contributed by atoms with Crippen LogP contribution in [0.3, 0.4) is 0 Å². The lowest BCUT2D eigenvalue weighted by Crippen LogP contribution is -1.98. The standard InChI is InChI=1S/C18H17NO3/c1-22-16-9-11(10-19)8-14(18(16)21)17-13-5-3-2-4-12(13)6-7-15(17)20/h2-9,20-21H,10,19H2,1H3. The van der Waals surface area contributed by atoms with E-state index < -0.39 is 0 Å². The van der Waals surface area contributed by atoms with E-state index >= 15 is 0 Å². The summed E-state index contributed by atoms with van der Waals surface area (Å²) in [6, 6.07) is 14.6. The molecule has 4 heteroatoms. The van der Waals surface area contributed by atoms with Crippen molar-refractivity contribution in [2.75, 3.05) is 7.11 Å². The number of phenols is 2. The summed E-state index contributed by atoms with van der Waals surface area (Å²) in [7, 11) is 1.49. The molecule has 0 radical (unpaired) electrons. The van der Waals surface area contributed by atoms with E-state index in [1.165, 1.54) is 7.11 Å². The molecule has 0 fully saturated rings. The minimum absolute atomic E-state index is 0.00801. The number of hydrogen-bond acceptors (Lipinski definition) is 4. The predicted octanol–water partition coefficient (Wildman–Crippen LogP) is 3.39. The SMILES string of the molecule is COc1cc(CN)cc(-c2c(O)ccc3ccccc23)c1O. The minimum atomic E-state index is -0.00801. The molecule has 0 spiro atoms. The smallest absolute Gasteiger partial charge is 0.165 e. The summed E-state index contributed by atoms with van der Waals surface area (Å²) in [5.41, 5.74) is 7.62. The van der Waals surface area contributed by atoms with E-state index in [-0.39, 0.29) is 11.5 Å². The van der Waals surface area contributed by atoms with Crippen molar-refractivity contribution in [3.05, 3.63) is 54.1 Å². The number of phenolic OH excluding ortho intramolecular Hbond substituents is 2. The van der Waals surface area contributed by atoms with Crippen LogP contribution < -0.4 is 10.5 Å². The van der Waals surface area contributed by atoms with Crippen LogP contribution in [0.1, 0.15) is 5.56 Å². The fourth-order valence-corrected chi connectivity index (χ4v) is 2.67. The Morgan fingerprint density at radius 3 is 2.55 bits per heavy atom. The molecule has 0 aliphatic carbocycles. The maximum atomic E-state index is 10.5. The molecule has 0 aliphatic rings. The normalized spacial score (nSPS) is 10.8. The summed E-state index contributed by atoms with van der Waals surface area (Å²) in [6.45, 7) is 0.315. The van der Waals surface area contributed by atoms with Gasteiger partial charge in [-0.25, -0.2) is 0 Å². The van der Waals surface area contributed by atoms with Gasteiger partial charge < -0.3 is 20.7 Å². The zero-order valence-corrected chi connectivity index (χ0v) is 12.2. The summed E-state index contributed by atoms with van der Waals surface area (Å²) >= 11 is 0. The van der Waals surface area contributed by atoms with E-state index in [1.807, 2.05) is 30.3 Å². The minimum Gasteiger partial charge on any atom is -0.507 e. The van der Waals surface area contributed by atoms with Crippen LogP contribution in [-0.4, -0.2) is 17.3 Å². The van der Waals surface area contributed by atoms with Gasteiger partial charge in [-0.3, -0.25) is 0 Å². The summed E-state index contributed by atoms with van der Waals surface area (Å²) in [5, 5.41) is 22.6. The van der Waals surface area contributed by atoms with Crippen LogP contribution in [0.4, 0.5) is 0 Å². The van der Waals surface area contributed by atoms with Gasteiger partial charge in [-0.2, -0.15) is 0 Å². The van der Waals surface area contributed by atoms with Crippen molar-refractivity contribution >= 4 is 10.8 Å². The highest BCUT2D eigenvalue weighted by atomic mass is 16.5. The fourth-order valence-electron chi connectivity index (χ4n) is 2.67. The molecule has 22 heavy (non-hydrogen) atoms. The topological polar surface area (TPSA) is 75.7 Å². The van der Waals surface area contributed by atoms with E-state index in [2.05, 4.69) is 0 Å². The number of rotatable bonds is 3. The summed E-state index contributed by atoms with van der Waals surface area (Å²) < 4.78 is 5.21. The van der Waals surface area contributed by atoms with E-state index in [4.69, 9.17) is 10.5 Å². The zero-order chi connectivity index (χ0) is 15.7. The van der Waals surface area contributed by atoms with E-state index in [1.54, 1.807) is 18.2 Å². The summed E-state index contributed by atoms with van der Waals surface area (Å²) in [4.78, 5) is 0. The number of fused-ring (bicyclic) bond motifs is 1. The van der Waals surface area contributed by atoms with Crippen molar-refractivity contribution in [1.82, 2.24) is 0 Å². The monoisotopic (exact) mass is 295 g/mol. The molecule has 0 amide bonds. The maximum Gasteiger partial charge on any atom is 0.165 e. The van der Waals surface area contributed by atoms with Gasteiger partial charge in [-0.1, -0.05) is 30.3 Å². The number of nitrogens with two attached hydrogens (primary N) is 1. The second kappa shape index (κ2) is 5.58. The lowest BCUT2D eigenvalue weighted by Gasteiger charge is -2.15. The average Bonchev–Trinajstić information content (AvgIpc) is 2.55. The van der Waals surface area contributed by atoms with E-state index in [9.17, 15) is 10.2 Å². The van der Waals surface area contributed by atoms with Crippen LogP contribution >= 0.6 is 0 Å². The molecular weight excluding hydrogens is 278 g/mol. The van der Waals surface area contributed by atoms with Gasteiger partial charge in [-0.15, -0.1) is 0 Å². The second-order valence-electron chi connectivity index (χ2n) is 5.08. The average molecular weight is 295 g/mol. The zero-order valence-electron chi connectivity index (χ0n) is 12.2. The van der Waals surface area contributed by atoms with Gasteiger partial charge in [0, 0.05) is 17.7 Å². The van der Waals surface area contributed by atoms with Crippen molar-refractivity contribution in [3.8, 4) is 28.4 Å². The molecular formula is C18H17NO3. The quantitative estimate of drug-likeness (QED) is 0.692. The molecule has 0 saturated heterocycles. The Kier molecular flexibility index (Phi) is 3.61. The Balaban J connectivity index is 2.39. The molecule has 3 rings (SSSR count). The largest absolute Gasteiger partial charge is 0.507 e. The molecule has 4 N–H and O–H groups in total. The Hall–Kier alpha value is -2.72. The fraction of sp³-hybridized carbons (Fsp3) is 0.111. The Bertz CT molecular complexity index is 843. The third-order valence-electron chi connectivity index (χ3n) is 3.77. The molecule has 0 bridgehead atoms. The highest BCUT2D eigenvalue weighted by Gasteiger charge is 2.17. The number of aromatic hydroxyl groups is 2. The van der Waals surface area contributed by atoms with Crippen molar-refractivity contribution in [3.63, 3.8) is 0 Å².